The molecule has 0 spiro atoms. The topological polar surface area (TPSA) is 65.2 Å². The van der Waals surface area contributed by atoms with Crippen molar-refractivity contribution < 1.29 is 8.42 Å². The summed E-state index contributed by atoms with van der Waals surface area (Å²) in [5.41, 5.74) is 4.58. The van der Waals surface area contributed by atoms with Crippen LogP contribution >= 0.6 is 0 Å². The predicted molar refractivity (Wildman–Crippen MR) is 124 cm³/mol. The van der Waals surface area contributed by atoms with E-state index < -0.39 is 10.0 Å². The first kappa shape index (κ1) is 19.1. The van der Waals surface area contributed by atoms with E-state index in [1.54, 1.807) is 10.4 Å². The molecular weight excluding hydrogens is 406 g/mol. The van der Waals surface area contributed by atoms with Gasteiger partial charge in [0.25, 0.3) is 0 Å². The lowest BCUT2D eigenvalue weighted by molar-refractivity contribution is 0.346. The molecule has 5 nitrogen and oxygen atoms in total. The summed E-state index contributed by atoms with van der Waals surface area (Å²) in [6.07, 6.45) is 10.6. The fraction of sp³-hybridized carbons (Fsp3) is 0.360. The van der Waals surface area contributed by atoms with Crippen molar-refractivity contribution in [2.45, 2.75) is 42.5 Å². The minimum absolute atomic E-state index is 0.188. The first-order valence-electron chi connectivity index (χ1n) is 11.3. The molecule has 3 aliphatic rings. The predicted octanol–water partition coefficient (Wildman–Crippen LogP) is 5.17. The minimum atomic E-state index is -3.43. The van der Waals surface area contributed by atoms with E-state index in [4.69, 9.17) is 0 Å². The molecule has 3 aromatic rings. The molecule has 1 saturated heterocycles. The molecule has 1 aromatic heterocycles. The smallest absolute Gasteiger partial charge is 0.243 e. The largest absolute Gasteiger partial charge is 0.378 e. The van der Waals surface area contributed by atoms with Gasteiger partial charge in [-0.25, -0.2) is 8.42 Å². The third-order valence-corrected chi connectivity index (χ3v) is 9.14. The highest BCUT2D eigenvalue weighted by Crippen LogP contribution is 2.51. The van der Waals surface area contributed by atoms with E-state index in [0.717, 1.165) is 42.5 Å². The van der Waals surface area contributed by atoms with Crippen molar-refractivity contribution in [3.8, 4) is 0 Å². The molecule has 0 saturated carbocycles. The number of aromatic amines is 1. The maximum absolute atomic E-state index is 13.2. The zero-order valence-corrected chi connectivity index (χ0v) is 18.2. The van der Waals surface area contributed by atoms with Crippen LogP contribution in [0.1, 0.15) is 48.8 Å². The van der Waals surface area contributed by atoms with Gasteiger partial charge in [-0.3, -0.25) is 0 Å². The minimum Gasteiger partial charge on any atom is -0.378 e. The molecule has 2 aromatic carbocycles. The molecule has 160 valence electrons. The number of aromatic nitrogens is 1. The standard InChI is InChI=1S/C25H27N3O2S/c29-31(30,28-13-4-1-5-14-28)17-11-12-24-21(15-17)18-8-6-9-20(18)25(27-24)22-16-26-23-10-3-2-7-19(22)23/h2-3,6-8,10-12,15-16,18,20,25-27H,1,4-5,9,13-14H2. The average Bonchev–Trinajstić information content (AvgIpc) is 3.47. The second kappa shape index (κ2) is 7.24. The fourth-order valence-electron chi connectivity index (χ4n) is 5.65. The number of H-pyrrole nitrogens is 1. The lowest BCUT2D eigenvalue weighted by Gasteiger charge is -2.37. The quantitative estimate of drug-likeness (QED) is 0.560. The van der Waals surface area contributed by atoms with Gasteiger partial charge in [-0.1, -0.05) is 36.8 Å². The zero-order valence-electron chi connectivity index (χ0n) is 17.4. The summed E-state index contributed by atoms with van der Waals surface area (Å²) in [5, 5.41) is 5.00. The van der Waals surface area contributed by atoms with Gasteiger partial charge in [0.1, 0.15) is 0 Å². The van der Waals surface area contributed by atoms with E-state index in [0.29, 0.717) is 23.9 Å². The van der Waals surface area contributed by atoms with Crippen LogP contribution in [0.3, 0.4) is 0 Å². The van der Waals surface area contributed by atoms with Crippen LogP contribution in [0.2, 0.25) is 0 Å². The van der Waals surface area contributed by atoms with Crippen LogP contribution in [0.4, 0.5) is 5.69 Å². The second-order valence-corrected chi connectivity index (χ2v) is 10.9. The Bertz CT molecular complexity index is 1270. The van der Waals surface area contributed by atoms with Crippen molar-refractivity contribution in [3.63, 3.8) is 0 Å². The van der Waals surface area contributed by atoms with Gasteiger partial charge in [0.05, 0.1) is 10.9 Å². The lowest BCUT2D eigenvalue weighted by atomic mass is 9.77. The number of piperidine rings is 1. The summed E-state index contributed by atoms with van der Waals surface area (Å²) in [7, 11) is -3.43. The van der Waals surface area contributed by atoms with E-state index in [9.17, 15) is 8.42 Å². The molecule has 3 unspecified atom stereocenters. The van der Waals surface area contributed by atoms with Crippen LogP contribution in [-0.2, 0) is 10.0 Å². The van der Waals surface area contributed by atoms with Gasteiger partial charge < -0.3 is 10.3 Å². The molecular formula is C25H27N3O2S. The normalized spacial score (nSPS) is 25.9. The van der Waals surface area contributed by atoms with Crippen LogP contribution in [0, 0.1) is 5.92 Å². The Morgan fingerprint density at radius 2 is 1.81 bits per heavy atom. The van der Waals surface area contributed by atoms with Crippen LogP contribution in [0.5, 0.6) is 0 Å². The molecule has 2 aliphatic heterocycles. The number of hydrogen-bond acceptors (Lipinski definition) is 3. The summed E-state index contributed by atoms with van der Waals surface area (Å²) in [4.78, 5) is 3.84. The first-order valence-corrected chi connectivity index (χ1v) is 12.7. The van der Waals surface area contributed by atoms with Gasteiger partial charge in [0.15, 0.2) is 0 Å². The third-order valence-electron chi connectivity index (χ3n) is 7.24. The molecule has 3 heterocycles. The Morgan fingerprint density at radius 3 is 2.68 bits per heavy atom. The highest BCUT2D eigenvalue weighted by Gasteiger charge is 2.39. The number of para-hydroxylation sites is 1. The van der Waals surface area contributed by atoms with Crippen LogP contribution in [0.25, 0.3) is 10.9 Å². The molecule has 0 bridgehead atoms. The molecule has 1 aliphatic carbocycles. The molecule has 6 heteroatoms. The number of benzene rings is 2. The van der Waals surface area contributed by atoms with Crippen LogP contribution < -0.4 is 5.32 Å². The molecule has 1 fully saturated rings. The Kier molecular flexibility index (Phi) is 4.47. The summed E-state index contributed by atoms with van der Waals surface area (Å²) in [6, 6.07) is 14.3. The average molecular weight is 434 g/mol. The van der Waals surface area contributed by atoms with Gasteiger partial charge >= 0.3 is 0 Å². The van der Waals surface area contributed by atoms with Crippen LogP contribution in [-0.4, -0.2) is 30.8 Å². The Hall–Kier alpha value is -2.57. The highest BCUT2D eigenvalue weighted by molar-refractivity contribution is 7.89. The van der Waals surface area contributed by atoms with Crippen molar-refractivity contribution in [2.75, 3.05) is 18.4 Å². The van der Waals surface area contributed by atoms with E-state index >= 15 is 0 Å². The molecule has 6 rings (SSSR count). The van der Waals surface area contributed by atoms with E-state index in [1.807, 2.05) is 12.1 Å². The van der Waals surface area contributed by atoms with Gasteiger partial charge in [-0.15, -0.1) is 0 Å². The number of hydrogen-bond donors (Lipinski definition) is 2. The maximum atomic E-state index is 13.2. The molecule has 0 radical (unpaired) electrons. The SMILES string of the molecule is O=S(=O)(c1ccc2c(c1)C1C=CCC1C(c1c[nH]c3ccccc13)N2)N1CCCCC1. The second-order valence-electron chi connectivity index (χ2n) is 8.98. The third kappa shape index (κ3) is 3.04. The van der Waals surface area contributed by atoms with E-state index in [2.05, 4.69) is 52.9 Å². The number of allylic oxidation sites excluding steroid dienone is 2. The monoisotopic (exact) mass is 433 g/mol. The van der Waals surface area contributed by atoms with Crippen molar-refractivity contribution in [2.24, 2.45) is 5.92 Å². The van der Waals surface area contributed by atoms with Gasteiger partial charge in [-0.05, 0) is 60.6 Å². The number of anilines is 1. The van der Waals surface area contributed by atoms with E-state index in [1.165, 1.54) is 10.9 Å². The molecule has 0 amide bonds. The summed E-state index contributed by atoms with van der Waals surface area (Å²) in [6.45, 7) is 1.26. The Labute approximate surface area is 183 Å². The number of rotatable bonds is 3. The Morgan fingerprint density at radius 1 is 0.968 bits per heavy atom. The first-order chi connectivity index (χ1) is 15.1. The van der Waals surface area contributed by atoms with E-state index in [-0.39, 0.29) is 12.0 Å². The van der Waals surface area contributed by atoms with Crippen molar-refractivity contribution in [3.05, 3.63) is 71.9 Å². The van der Waals surface area contributed by atoms with Crippen molar-refractivity contribution >= 4 is 26.6 Å². The summed E-state index contributed by atoms with van der Waals surface area (Å²) >= 11 is 0. The zero-order chi connectivity index (χ0) is 21.0. The lowest BCUT2D eigenvalue weighted by Crippen LogP contribution is -2.36. The molecule has 3 atom stereocenters. The van der Waals surface area contributed by atoms with Gasteiger partial charge in [-0.2, -0.15) is 4.31 Å². The number of fused-ring (bicyclic) bond motifs is 4. The van der Waals surface area contributed by atoms with Crippen LogP contribution in [0.15, 0.2) is 65.7 Å². The molecule has 2 N–H and O–H groups in total. The summed E-state index contributed by atoms with van der Waals surface area (Å²) in [5.74, 6) is 0.603. The number of sulfonamides is 1. The summed E-state index contributed by atoms with van der Waals surface area (Å²) < 4.78 is 28.2. The number of nitrogens with zero attached hydrogens (tertiary/aromatic N) is 1. The fourth-order valence-corrected chi connectivity index (χ4v) is 7.20. The molecule has 31 heavy (non-hydrogen) atoms. The highest BCUT2D eigenvalue weighted by atomic mass is 32.2. The van der Waals surface area contributed by atoms with Gasteiger partial charge in [0, 0.05) is 41.8 Å². The van der Waals surface area contributed by atoms with Gasteiger partial charge in [0.2, 0.25) is 10.0 Å². The van der Waals surface area contributed by atoms with Crippen molar-refractivity contribution in [1.82, 2.24) is 9.29 Å². The Balaban J connectivity index is 1.40. The maximum Gasteiger partial charge on any atom is 0.243 e. The van der Waals surface area contributed by atoms with Crippen molar-refractivity contribution in [1.29, 1.82) is 0 Å². The number of nitrogens with one attached hydrogen (secondary N) is 2.